The molecule has 0 aliphatic carbocycles. The molecule has 3 N–H and O–H groups in total. The van der Waals surface area contributed by atoms with Crippen molar-refractivity contribution in [2.24, 2.45) is 17.8 Å². The molecule has 4 unspecified atom stereocenters. The number of rotatable bonds is 79. The Morgan fingerprint density at radius 2 is 0.510 bits per heavy atom. The Kier molecular flexibility index (Phi) is 69.9. The summed E-state index contributed by atoms with van der Waals surface area (Å²) in [6.07, 6.45) is 59.5. The van der Waals surface area contributed by atoms with Crippen molar-refractivity contribution in [3.8, 4) is 0 Å². The summed E-state index contributed by atoms with van der Waals surface area (Å²) in [7, 11) is -9.92. The van der Waals surface area contributed by atoms with E-state index in [-0.39, 0.29) is 25.7 Å². The highest BCUT2D eigenvalue weighted by atomic mass is 31.2. The summed E-state index contributed by atoms with van der Waals surface area (Å²) < 4.78 is 68.8. The highest BCUT2D eigenvalue weighted by Crippen LogP contribution is 2.45. The number of phosphoric ester groups is 2. The van der Waals surface area contributed by atoms with E-state index in [2.05, 4.69) is 48.5 Å². The molecular weight excluding hydrogens is 1310 g/mol. The molecule has 0 amide bonds. The first-order chi connectivity index (χ1) is 48.3. The molecule has 594 valence electrons. The Morgan fingerprint density at radius 1 is 0.290 bits per heavy atom. The van der Waals surface area contributed by atoms with E-state index in [1.165, 1.54) is 231 Å². The molecular formula is C81H158O17P2. The number of esters is 4. The Balaban J connectivity index is 5.27. The van der Waals surface area contributed by atoms with Crippen molar-refractivity contribution in [1.82, 2.24) is 0 Å². The van der Waals surface area contributed by atoms with Crippen LogP contribution in [0.2, 0.25) is 0 Å². The van der Waals surface area contributed by atoms with Gasteiger partial charge in [-0.25, -0.2) is 9.13 Å². The van der Waals surface area contributed by atoms with Gasteiger partial charge >= 0.3 is 39.5 Å². The van der Waals surface area contributed by atoms with Crippen LogP contribution in [0.4, 0.5) is 0 Å². The third-order valence-corrected chi connectivity index (χ3v) is 21.5. The van der Waals surface area contributed by atoms with Crippen LogP contribution in [0.15, 0.2) is 0 Å². The summed E-state index contributed by atoms with van der Waals surface area (Å²) in [5.41, 5.74) is 0. The molecule has 0 saturated heterocycles. The average molecular weight is 1470 g/mol. The molecule has 0 rings (SSSR count). The fourth-order valence-electron chi connectivity index (χ4n) is 12.4. The minimum absolute atomic E-state index is 0.106. The number of hydrogen-bond acceptors (Lipinski definition) is 15. The number of ether oxygens (including phenoxy) is 4. The first kappa shape index (κ1) is 98.1. The van der Waals surface area contributed by atoms with Crippen molar-refractivity contribution in [2.45, 2.75) is 439 Å². The maximum Gasteiger partial charge on any atom is 0.472 e. The number of carbonyl (C=O) groups excluding carboxylic acids is 4. The SMILES string of the molecule is CCCCCCCCCCCCCCCCCCCCCC(=O)O[C@H](COC(=O)CCCCCCCCCCCCCCC(C)C)COP(=O)(O)OC[C@@H](O)COP(=O)(O)OC[C@@H](COC(=O)CCCCCCCCCCC(C)CC)OC(=O)CCCCCCCCCCCCC(C)CC. The van der Waals surface area contributed by atoms with Crippen molar-refractivity contribution in [2.75, 3.05) is 39.6 Å². The predicted molar refractivity (Wildman–Crippen MR) is 409 cm³/mol. The largest absolute Gasteiger partial charge is 0.472 e. The quantitative estimate of drug-likeness (QED) is 0.0222. The van der Waals surface area contributed by atoms with Gasteiger partial charge in [0.2, 0.25) is 0 Å². The van der Waals surface area contributed by atoms with Crippen molar-refractivity contribution in [3.05, 3.63) is 0 Å². The van der Waals surface area contributed by atoms with E-state index in [1.54, 1.807) is 0 Å². The van der Waals surface area contributed by atoms with E-state index >= 15 is 0 Å². The molecule has 0 aromatic heterocycles. The lowest BCUT2D eigenvalue weighted by Gasteiger charge is -2.21. The first-order valence-corrected chi connectivity index (χ1v) is 44.9. The maximum atomic E-state index is 13.1. The van der Waals surface area contributed by atoms with Crippen LogP contribution < -0.4 is 0 Å². The number of hydrogen-bond donors (Lipinski definition) is 3. The van der Waals surface area contributed by atoms with Crippen molar-refractivity contribution >= 4 is 39.5 Å². The lowest BCUT2D eigenvalue weighted by Crippen LogP contribution is -2.30. The minimum atomic E-state index is -4.96. The van der Waals surface area contributed by atoms with Gasteiger partial charge < -0.3 is 33.8 Å². The lowest BCUT2D eigenvalue weighted by atomic mass is 9.99. The predicted octanol–water partition coefficient (Wildman–Crippen LogP) is 24.1. The van der Waals surface area contributed by atoms with E-state index in [1.807, 2.05) is 0 Å². The van der Waals surface area contributed by atoms with Crippen LogP contribution in [0.3, 0.4) is 0 Å². The molecule has 0 aromatic rings. The van der Waals surface area contributed by atoms with Crippen LogP contribution in [0.25, 0.3) is 0 Å². The molecule has 17 nitrogen and oxygen atoms in total. The summed E-state index contributed by atoms with van der Waals surface area (Å²) in [4.78, 5) is 73.1. The van der Waals surface area contributed by atoms with Crippen LogP contribution in [0.5, 0.6) is 0 Å². The van der Waals surface area contributed by atoms with Gasteiger partial charge in [0.25, 0.3) is 0 Å². The summed E-state index contributed by atoms with van der Waals surface area (Å²) in [6.45, 7) is 12.0. The molecule has 0 radical (unpaired) electrons. The maximum absolute atomic E-state index is 13.1. The molecule has 0 aliphatic heterocycles. The molecule has 0 aromatic carbocycles. The molecule has 0 saturated carbocycles. The Morgan fingerprint density at radius 3 is 0.760 bits per heavy atom. The normalized spacial score (nSPS) is 14.5. The van der Waals surface area contributed by atoms with Gasteiger partial charge in [-0.05, 0) is 43.4 Å². The fourth-order valence-corrected chi connectivity index (χ4v) is 14.0. The first-order valence-electron chi connectivity index (χ1n) is 41.9. The number of phosphoric acid groups is 2. The summed E-state index contributed by atoms with van der Waals surface area (Å²) in [6, 6.07) is 0. The van der Waals surface area contributed by atoms with Crippen LogP contribution >= 0.6 is 15.6 Å². The van der Waals surface area contributed by atoms with E-state index in [4.69, 9.17) is 37.0 Å². The van der Waals surface area contributed by atoms with Gasteiger partial charge in [0.05, 0.1) is 26.4 Å². The van der Waals surface area contributed by atoms with Crippen molar-refractivity contribution in [1.29, 1.82) is 0 Å². The van der Waals surface area contributed by atoms with Crippen LogP contribution in [-0.2, 0) is 65.4 Å². The monoisotopic (exact) mass is 1470 g/mol. The van der Waals surface area contributed by atoms with E-state index < -0.39 is 97.5 Å². The second kappa shape index (κ2) is 71.3. The van der Waals surface area contributed by atoms with Gasteiger partial charge in [0.15, 0.2) is 12.2 Å². The second-order valence-corrected chi connectivity index (χ2v) is 33.0. The smallest absolute Gasteiger partial charge is 0.462 e. The Hall–Kier alpha value is -1.94. The summed E-state index contributed by atoms with van der Waals surface area (Å²) in [5.74, 6) is 0.251. The number of aliphatic hydroxyl groups is 1. The van der Waals surface area contributed by atoms with Gasteiger partial charge in [0.1, 0.15) is 19.3 Å². The molecule has 0 heterocycles. The topological polar surface area (TPSA) is 237 Å². The highest BCUT2D eigenvalue weighted by Gasteiger charge is 2.30. The average Bonchev–Trinajstić information content (AvgIpc) is 1.05. The van der Waals surface area contributed by atoms with E-state index in [0.717, 1.165) is 108 Å². The van der Waals surface area contributed by atoms with Gasteiger partial charge in [-0.2, -0.15) is 0 Å². The van der Waals surface area contributed by atoms with E-state index in [0.29, 0.717) is 25.7 Å². The molecule has 7 atom stereocenters. The number of carbonyl (C=O) groups is 4. The van der Waals surface area contributed by atoms with Crippen LogP contribution in [0.1, 0.15) is 421 Å². The number of aliphatic hydroxyl groups excluding tert-OH is 1. The molecule has 0 bridgehead atoms. The standard InChI is InChI=1S/C81H158O17P2/c1-8-11-12-13-14-15-16-17-18-19-20-21-22-23-28-34-43-50-57-64-80(85)97-76(68-91-78(83)62-55-48-41-33-27-25-24-26-31-38-45-52-59-72(4)5)70-95-99(87,88)93-66-75(82)67-94-100(89,90)96-71-77(69-92-79(84)63-56-49-42-37-36-40-47-54-61-74(7)10-3)98-81(86)65-58-51-44-35-30-29-32-39-46-53-60-73(6)9-2/h72-77,82H,8-71H2,1-7H3,(H,87,88)(H,89,90)/t73?,74?,75-,76-,77-/m1/s1. The van der Waals surface area contributed by atoms with Gasteiger partial charge in [-0.3, -0.25) is 37.3 Å². The van der Waals surface area contributed by atoms with Gasteiger partial charge in [0, 0.05) is 25.7 Å². The van der Waals surface area contributed by atoms with Crippen LogP contribution in [-0.4, -0.2) is 96.7 Å². The lowest BCUT2D eigenvalue weighted by molar-refractivity contribution is -0.161. The minimum Gasteiger partial charge on any atom is -0.462 e. The third-order valence-electron chi connectivity index (χ3n) is 19.6. The van der Waals surface area contributed by atoms with Gasteiger partial charge in [-0.1, -0.05) is 370 Å². The molecule has 0 aliphatic rings. The molecule has 19 heteroatoms. The second-order valence-electron chi connectivity index (χ2n) is 30.1. The zero-order chi connectivity index (χ0) is 73.7. The van der Waals surface area contributed by atoms with Crippen LogP contribution in [0, 0.1) is 17.8 Å². The zero-order valence-corrected chi connectivity index (χ0v) is 67.5. The van der Waals surface area contributed by atoms with Crippen molar-refractivity contribution in [3.63, 3.8) is 0 Å². The molecule has 0 fully saturated rings. The molecule has 100 heavy (non-hydrogen) atoms. The fraction of sp³-hybridized carbons (Fsp3) is 0.951. The Labute approximate surface area is 613 Å². The third kappa shape index (κ3) is 71.7. The van der Waals surface area contributed by atoms with Gasteiger partial charge in [-0.15, -0.1) is 0 Å². The summed E-state index contributed by atoms with van der Waals surface area (Å²) >= 11 is 0. The van der Waals surface area contributed by atoms with Crippen molar-refractivity contribution < 1.29 is 80.2 Å². The summed E-state index contributed by atoms with van der Waals surface area (Å²) in [5, 5.41) is 10.6. The zero-order valence-electron chi connectivity index (χ0n) is 65.7. The van der Waals surface area contributed by atoms with E-state index in [9.17, 15) is 43.2 Å². The number of unbranched alkanes of at least 4 members (excludes halogenated alkanes) is 45. The molecule has 0 spiro atoms. The Bertz CT molecular complexity index is 1940. The highest BCUT2D eigenvalue weighted by molar-refractivity contribution is 7.47.